The summed E-state index contributed by atoms with van der Waals surface area (Å²) >= 11 is 1.60. The first-order chi connectivity index (χ1) is 14.6. The third kappa shape index (κ3) is 3.56. The fourth-order valence-corrected chi connectivity index (χ4v) is 5.08. The molecular formula is C21H20N4O4S. The number of carboxylic acid groups (broad SMARTS) is 1. The fraction of sp³-hybridized carbons (Fsp3) is 0.333. The predicted octanol–water partition coefficient (Wildman–Crippen LogP) is 3.46. The second-order valence-electron chi connectivity index (χ2n) is 7.76. The van der Waals surface area contributed by atoms with Gasteiger partial charge in [-0.3, -0.25) is 4.98 Å². The van der Waals surface area contributed by atoms with Crippen LogP contribution in [0.3, 0.4) is 0 Å². The lowest BCUT2D eigenvalue weighted by atomic mass is 10.0. The molecule has 0 radical (unpaired) electrons. The van der Waals surface area contributed by atoms with Crippen molar-refractivity contribution in [3.8, 4) is 16.2 Å². The smallest absolute Gasteiger partial charge is 0.356 e. The second-order valence-corrected chi connectivity index (χ2v) is 8.65. The average molecular weight is 424 g/mol. The minimum absolute atomic E-state index is 0.128. The van der Waals surface area contributed by atoms with Gasteiger partial charge in [0, 0.05) is 25.5 Å². The van der Waals surface area contributed by atoms with Crippen LogP contribution in [0.1, 0.15) is 23.3 Å². The maximum Gasteiger partial charge on any atom is 0.356 e. The number of rotatable bonds is 4. The number of fused-ring (bicyclic) bond motifs is 1. The van der Waals surface area contributed by atoms with E-state index < -0.39 is 5.97 Å². The van der Waals surface area contributed by atoms with Gasteiger partial charge in [-0.1, -0.05) is 12.1 Å². The molecule has 2 aliphatic rings. The first-order valence-electron chi connectivity index (χ1n) is 9.80. The highest BCUT2D eigenvalue weighted by Crippen LogP contribution is 2.40. The van der Waals surface area contributed by atoms with Gasteiger partial charge in [0.1, 0.15) is 5.75 Å². The van der Waals surface area contributed by atoms with Gasteiger partial charge in [-0.2, -0.15) is 9.78 Å². The van der Waals surface area contributed by atoms with E-state index in [9.17, 15) is 9.59 Å². The molecule has 1 N–H and O–H groups in total. The Kier molecular flexibility index (Phi) is 4.74. The third-order valence-corrected chi connectivity index (χ3v) is 6.66. The standard InChI is InChI=1S/C21H20N4O4S/c26-20(27)18-4-5-25(23-18)21(28)24-10-14-7-17(8-15(14)11-24)29-16-3-1-2-13(6-16)19-9-22-12-30-19/h1-6,9,12,14-15,17H,7-8,10-11H2,(H,26,27)/t14-,15+,17+. The van der Waals surface area contributed by atoms with Crippen molar-refractivity contribution in [2.75, 3.05) is 13.1 Å². The molecule has 1 saturated heterocycles. The number of aromatic nitrogens is 3. The van der Waals surface area contributed by atoms with Crippen LogP contribution in [0.5, 0.6) is 5.75 Å². The highest BCUT2D eigenvalue weighted by molar-refractivity contribution is 7.13. The van der Waals surface area contributed by atoms with Crippen molar-refractivity contribution < 1.29 is 19.4 Å². The lowest BCUT2D eigenvalue weighted by molar-refractivity contribution is 0.0690. The Bertz CT molecular complexity index is 1070. The molecule has 154 valence electrons. The maximum atomic E-state index is 12.6. The molecular weight excluding hydrogens is 404 g/mol. The van der Waals surface area contributed by atoms with Gasteiger partial charge in [0.05, 0.1) is 16.5 Å². The number of thiazole rings is 1. The Balaban J connectivity index is 1.20. The van der Waals surface area contributed by atoms with Gasteiger partial charge in [0.25, 0.3) is 0 Å². The Morgan fingerprint density at radius 3 is 2.63 bits per heavy atom. The largest absolute Gasteiger partial charge is 0.490 e. The van der Waals surface area contributed by atoms with Crippen LogP contribution in [-0.4, -0.2) is 56.0 Å². The van der Waals surface area contributed by atoms with Crippen molar-refractivity contribution in [3.63, 3.8) is 0 Å². The molecule has 0 bridgehead atoms. The van der Waals surface area contributed by atoms with Crippen molar-refractivity contribution in [2.45, 2.75) is 18.9 Å². The normalized spacial score (nSPS) is 22.8. The number of carboxylic acids is 1. The highest BCUT2D eigenvalue weighted by atomic mass is 32.1. The van der Waals surface area contributed by atoms with E-state index in [4.69, 9.17) is 9.84 Å². The number of hydrogen-bond donors (Lipinski definition) is 1. The molecule has 2 aromatic heterocycles. The van der Waals surface area contributed by atoms with Crippen molar-refractivity contribution in [1.29, 1.82) is 0 Å². The molecule has 3 atom stereocenters. The van der Waals surface area contributed by atoms with Crippen LogP contribution >= 0.6 is 11.3 Å². The van der Waals surface area contributed by atoms with E-state index in [2.05, 4.69) is 22.2 Å². The summed E-state index contributed by atoms with van der Waals surface area (Å²) in [6.45, 7) is 1.29. The van der Waals surface area contributed by atoms with E-state index in [-0.39, 0.29) is 17.8 Å². The zero-order valence-corrected chi connectivity index (χ0v) is 16.9. The molecule has 0 spiro atoms. The molecule has 30 heavy (non-hydrogen) atoms. The van der Waals surface area contributed by atoms with Crippen LogP contribution in [0.25, 0.3) is 10.4 Å². The third-order valence-electron chi connectivity index (χ3n) is 5.84. The maximum absolute atomic E-state index is 12.6. The summed E-state index contributed by atoms with van der Waals surface area (Å²) < 4.78 is 7.37. The quantitative estimate of drug-likeness (QED) is 0.689. The lowest BCUT2D eigenvalue weighted by Gasteiger charge is -2.20. The van der Waals surface area contributed by atoms with E-state index in [1.807, 2.05) is 23.8 Å². The molecule has 1 aliphatic heterocycles. The number of likely N-dealkylation sites (tertiary alicyclic amines) is 1. The number of carbonyl (C=O) groups excluding carboxylic acids is 1. The number of nitrogens with zero attached hydrogens (tertiary/aromatic N) is 4. The van der Waals surface area contributed by atoms with Crippen molar-refractivity contribution in [3.05, 3.63) is 53.9 Å². The van der Waals surface area contributed by atoms with Gasteiger partial charge in [-0.05, 0) is 48.4 Å². The molecule has 1 saturated carbocycles. The predicted molar refractivity (Wildman–Crippen MR) is 110 cm³/mol. The van der Waals surface area contributed by atoms with Gasteiger partial charge in [-0.25, -0.2) is 9.59 Å². The first kappa shape index (κ1) is 18.8. The topological polar surface area (TPSA) is 97.5 Å². The number of hydrogen-bond acceptors (Lipinski definition) is 6. The van der Waals surface area contributed by atoms with Crippen LogP contribution in [0, 0.1) is 11.8 Å². The van der Waals surface area contributed by atoms with Gasteiger partial charge in [0.2, 0.25) is 0 Å². The molecule has 1 aliphatic carbocycles. The summed E-state index contributed by atoms with van der Waals surface area (Å²) in [6.07, 6.45) is 5.20. The fourth-order valence-electron chi connectivity index (χ4n) is 4.46. The van der Waals surface area contributed by atoms with E-state index in [0.717, 1.165) is 33.7 Å². The second kappa shape index (κ2) is 7.56. The van der Waals surface area contributed by atoms with Crippen LogP contribution in [-0.2, 0) is 0 Å². The molecule has 9 heteroatoms. The minimum Gasteiger partial charge on any atom is -0.490 e. The molecule has 1 amide bonds. The number of ether oxygens (including phenoxy) is 1. The summed E-state index contributed by atoms with van der Waals surface area (Å²) in [4.78, 5) is 30.6. The van der Waals surface area contributed by atoms with Gasteiger partial charge < -0.3 is 14.7 Å². The first-order valence-corrected chi connectivity index (χ1v) is 10.7. The van der Waals surface area contributed by atoms with E-state index >= 15 is 0 Å². The number of carbonyl (C=O) groups is 2. The molecule has 2 fully saturated rings. The summed E-state index contributed by atoms with van der Waals surface area (Å²) in [5, 5.41) is 12.8. The van der Waals surface area contributed by atoms with Crippen LogP contribution in [0.4, 0.5) is 4.79 Å². The molecule has 3 heterocycles. The number of aromatic carboxylic acids is 1. The number of benzene rings is 1. The summed E-state index contributed by atoms with van der Waals surface area (Å²) in [5.41, 5.74) is 2.79. The lowest BCUT2D eigenvalue weighted by Crippen LogP contribution is -2.34. The van der Waals surface area contributed by atoms with Crippen LogP contribution in [0.2, 0.25) is 0 Å². The Morgan fingerprint density at radius 2 is 1.97 bits per heavy atom. The van der Waals surface area contributed by atoms with Crippen molar-refractivity contribution >= 4 is 23.3 Å². The summed E-state index contributed by atoms with van der Waals surface area (Å²) in [7, 11) is 0. The number of amides is 1. The van der Waals surface area contributed by atoms with Crippen LogP contribution in [0.15, 0.2) is 48.2 Å². The molecule has 3 aromatic rings. The Labute approximate surface area is 176 Å². The van der Waals surface area contributed by atoms with Gasteiger partial charge >= 0.3 is 12.0 Å². The van der Waals surface area contributed by atoms with Gasteiger partial charge in [0.15, 0.2) is 5.69 Å². The Hall–Kier alpha value is -3.20. The van der Waals surface area contributed by atoms with E-state index in [1.54, 1.807) is 16.2 Å². The summed E-state index contributed by atoms with van der Waals surface area (Å²) in [6, 6.07) is 9.14. The van der Waals surface area contributed by atoms with E-state index in [1.165, 1.54) is 12.3 Å². The van der Waals surface area contributed by atoms with Gasteiger partial charge in [-0.15, -0.1) is 11.3 Å². The average Bonchev–Trinajstić information content (AvgIpc) is 3.50. The molecule has 1 aromatic carbocycles. The van der Waals surface area contributed by atoms with Crippen LogP contribution < -0.4 is 4.74 Å². The van der Waals surface area contributed by atoms with Crippen molar-refractivity contribution in [1.82, 2.24) is 19.7 Å². The molecule has 0 unspecified atom stereocenters. The zero-order chi connectivity index (χ0) is 20.7. The summed E-state index contributed by atoms with van der Waals surface area (Å²) in [5.74, 6) is 0.493. The van der Waals surface area contributed by atoms with E-state index in [0.29, 0.717) is 24.9 Å². The zero-order valence-electron chi connectivity index (χ0n) is 16.0. The SMILES string of the molecule is O=C(O)c1ccn(C(=O)N2C[C@H]3C[C@H](Oc4cccc(-c5cncs5)c4)C[C@H]3C2)n1. The highest BCUT2D eigenvalue weighted by Gasteiger charge is 2.43. The minimum atomic E-state index is -1.14. The molecule has 8 nitrogen and oxygen atoms in total. The molecule has 5 rings (SSSR count). The van der Waals surface area contributed by atoms with Crippen molar-refractivity contribution in [2.24, 2.45) is 11.8 Å². The monoisotopic (exact) mass is 424 g/mol. The Morgan fingerprint density at radius 1 is 1.17 bits per heavy atom.